The third-order valence-electron chi connectivity index (χ3n) is 5.58. The van der Waals surface area contributed by atoms with Crippen LogP contribution in [0.2, 0.25) is 0 Å². The van der Waals surface area contributed by atoms with Crippen LogP contribution in [0.25, 0.3) is 0 Å². The van der Waals surface area contributed by atoms with Gasteiger partial charge in [-0.15, -0.1) is 23.1 Å². The van der Waals surface area contributed by atoms with Gasteiger partial charge in [0.2, 0.25) is 0 Å². The van der Waals surface area contributed by atoms with Gasteiger partial charge in [0.15, 0.2) is 5.78 Å². The highest BCUT2D eigenvalue weighted by molar-refractivity contribution is 7.99. The molecule has 32 heavy (non-hydrogen) atoms. The molecule has 1 aromatic heterocycles. The van der Waals surface area contributed by atoms with Crippen molar-refractivity contribution in [3.05, 3.63) is 68.8 Å². The topological polar surface area (TPSA) is 70.1 Å². The molecule has 2 N–H and O–H groups in total. The molecule has 2 aliphatic rings. The van der Waals surface area contributed by atoms with Gasteiger partial charge < -0.3 is 5.73 Å². The summed E-state index contributed by atoms with van der Waals surface area (Å²) < 4.78 is 41.4. The van der Waals surface area contributed by atoms with E-state index in [1.165, 1.54) is 34.4 Å². The van der Waals surface area contributed by atoms with Crippen LogP contribution in [0, 0.1) is 11.3 Å². The number of thioether (sulfide) groups is 1. The lowest BCUT2D eigenvalue weighted by Crippen LogP contribution is -2.39. The molecule has 166 valence electrons. The van der Waals surface area contributed by atoms with Crippen molar-refractivity contribution in [2.45, 2.75) is 43.2 Å². The van der Waals surface area contributed by atoms with E-state index in [0.29, 0.717) is 30.5 Å². The molecule has 0 saturated carbocycles. The lowest BCUT2D eigenvalue weighted by molar-refractivity contribution is -0.137. The third-order valence-corrected chi connectivity index (χ3v) is 7.65. The number of ketones is 1. The number of allylic oxidation sites excluding steroid dienone is 3. The summed E-state index contributed by atoms with van der Waals surface area (Å²) in [6.07, 6.45) is -3.39. The Balaban J connectivity index is 2.00. The van der Waals surface area contributed by atoms with Crippen LogP contribution in [0.4, 0.5) is 18.9 Å². The minimum atomic E-state index is -4.61. The number of carbonyl (C=O) groups is 1. The van der Waals surface area contributed by atoms with Gasteiger partial charge in [0, 0.05) is 27.5 Å². The summed E-state index contributed by atoms with van der Waals surface area (Å²) in [4.78, 5) is 16.2. The van der Waals surface area contributed by atoms with Crippen molar-refractivity contribution in [3.63, 3.8) is 0 Å². The normalized spacial score (nSPS) is 19.3. The SMILES string of the molecule is CCSc1ccsc1[C@H]1C(C#N)=C(N)N(c2ccccc2C(F)(F)F)C2=C1C(=O)CCC2. The van der Waals surface area contributed by atoms with E-state index in [9.17, 15) is 23.2 Å². The van der Waals surface area contributed by atoms with Gasteiger partial charge in [-0.2, -0.15) is 18.4 Å². The predicted molar refractivity (Wildman–Crippen MR) is 120 cm³/mol. The Morgan fingerprint density at radius 1 is 1.28 bits per heavy atom. The number of Topliss-reactive ketones (excluding diaryl/α,β-unsaturated/α-hetero) is 1. The Labute approximate surface area is 192 Å². The quantitative estimate of drug-likeness (QED) is 0.535. The minimum absolute atomic E-state index is 0.0523. The van der Waals surface area contributed by atoms with E-state index in [2.05, 4.69) is 6.07 Å². The number of thiophene rings is 1. The summed E-state index contributed by atoms with van der Waals surface area (Å²) in [5, 5.41) is 11.9. The number of alkyl halides is 3. The molecule has 0 amide bonds. The number of carbonyl (C=O) groups excluding carboxylic acids is 1. The van der Waals surface area contributed by atoms with Crippen molar-refractivity contribution in [1.82, 2.24) is 0 Å². The smallest absolute Gasteiger partial charge is 0.384 e. The Bertz CT molecular complexity index is 1170. The second-order valence-electron chi connectivity index (χ2n) is 7.41. The fourth-order valence-electron chi connectivity index (χ4n) is 4.33. The highest BCUT2D eigenvalue weighted by Crippen LogP contribution is 2.51. The third kappa shape index (κ3) is 3.71. The van der Waals surface area contributed by atoms with Crippen LogP contribution in [0.5, 0.6) is 0 Å². The minimum Gasteiger partial charge on any atom is -0.384 e. The van der Waals surface area contributed by atoms with Crippen molar-refractivity contribution < 1.29 is 18.0 Å². The van der Waals surface area contributed by atoms with Crippen molar-refractivity contribution in [2.75, 3.05) is 10.7 Å². The Morgan fingerprint density at radius 2 is 2.03 bits per heavy atom. The molecule has 1 aliphatic carbocycles. The maximum Gasteiger partial charge on any atom is 0.418 e. The molecule has 0 spiro atoms. The van der Waals surface area contributed by atoms with Crippen LogP contribution in [0.1, 0.15) is 42.5 Å². The van der Waals surface area contributed by atoms with Crippen LogP contribution in [0.3, 0.4) is 0 Å². The van der Waals surface area contributed by atoms with Gasteiger partial charge in [0.05, 0.1) is 28.8 Å². The number of para-hydroxylation sites is 1. The van der Waals surface area contributed by atoms with Crippen LogP contribution < -0.4 is 10.6 Å². The highest BCUT2D eigenvalue weighted by Gasteiger charge is 2.44. The fraction of sp³-hybridized carbons (Fsp3) is 0.304. The van der Waals surface area contributed by atoms with Crippen molar-refractivity contribution in [3.8, 4) is 6.07 Å². The monoisotopic (exact) mass is 475 g/mol. The van der Waals surface area contributed by atoms with Gasteiger partial charge in [-0.1, -0.05) is 19.1 Å². The summed E-state index contributed by atoms with van der Waals surface area (Å²) in [6, 6.07) is 9.18. The van der Waals surface area contributed by atoms with Gasteiger partial charge in [0.25, 0.3) is 0 Å². The van der Waals surface area contributed by atoms with Gasteiger partial charge >= 0.3 is 6.18 Å². The number of nitrogens with two attached hydrogens (primary N) is 1. The molecule has 2 heterocycles. The van der Waals surface area contributed by atoms with E-state index in [0.717, 1.165) is 21.6 Å². The molecule has 0 bridgehead atoms. The number of benzene rings is 1. The number of rotatable bonds is 4. The molecule has 9 heteroatoms. The second kappa shape index (κ2) is 8.68. The number of halogens is 3. The van der Waals surface area contributed by atoms with Crippen molar-refractivity contribution in [1.29, 1.82) is 5.26 Å². The molecule has 4 rings (SSSR count). The zero-order valence-electron chi connectivity index (χ0n) is 17.2. The molecule has 0 saturated heterocycles. The molecule has 4 nitrogen and oxygen atoms in total. The first-order valence-corrected chi connectivity index (χ1v) is 12.0. The first-order valence-electron chi connectivity index (χ1n) is 10.1. The maximum atomic E-state index is 13.8. The summed E-state index contributed by atoms with van der Waals surface area (Å²) >= 11 is 3.03. The summed E-state index contributed by atoms with van der Waals surface area (Å²) in [5.74, 6) is -0.0517. The molecule has 0 fully saturated rings. The van der Waals surface area contributed by atoms with Crippen LogP contribution >= 0.6 is 23.1 Å². The summed E-state index contributed by atoms with van der Waals surface area (Å²) in [6.45, 7) is 2.01. The van der Waals surface area contributed by atoms with E-state index < -0.39 is 17.7 Å². The molecule has 2 aromatic rings. The predicted octanol–water partition coefficient (Wildman–Crippen LogP) is 6.18. The average molecular weight is 476 g/mol. The van der Waals surface area contributed by atoms with Crippen LogP contribution in [-0.2, 0) is 11.0 Å². The summed E-state index contributed by atoms with van der Waals surface area (Å²) in [7, 11) is 0. The molecular weight excluding hydrogens is 455 g/mol. The molecule has 1 atom stereocenters. The molecular formula is C23H20F3N3OS2. The van der Waals surface area contributed by atoms with Crippen molar-refractivity contribution >= 4 is 34.6 Å². The number of nitriles is 1. The molecule has 1 aliphatic heterocycles. The largest absolute Gasteiger partial charge is 0.418 e. The standard InChI is InChI=1S/C23H20F3N3OS2/c1-2-31-18-10-11-32-21(18)19-13(12-27)22(28)29(16-8-5-9-17(30)20(16)19)15-7-4-3-6-14(15)23(24,25)26/h3-4,6-7,10-11,19H,2,5,8-9,28H2,1H3/t19-/m0/s1. The van der Waals surface area contributed by atoms with E-state index in [4.69, 9.17) is 5.73 Å². The van der Waals surface area contributed by atoms with Gasteiger partial charge in [-0.05, 0) is 42.2 Å². The van der Waals surface area contributed by atoms with E-state index in [1.54, 1.807) is 11.8 Å². The van der Waals surface area contributed by atoms with Gasteiger partial charge in [-0.25, -0.2) is 0 Å². The molecule has 0 unspecified atom stereocenters. The summed E-state index contributed by atoms with van der Waals surface area (Å²) in [5.41, 5.74) is 6.35. The maximum absolute atomic E-state index is 13.8. The number of hydrogen-bond donors (Lipinski definition) is 1. The van der Waals surface area contributed by atoms with Gasteiger partial charge in [0.1, 0.15) is 5.82 Å². The number of nitrogens with zero attached hydrogens (tertiary/aromatic N) is 2. The highest BCUT2D eigenvalue weighted by atomic mass is 32.2. The molecule has 0 radical (unpaired) electrons. The van der Waals surface area contributed by atoms with Crippen LogP contribution in [-0.4, -0.2) is 11.5 Å². The molecule has 1 aromatic carbocycles. The first-order chi connectivity index (χ1) is 15.3. The lowest BCUT2D eigenvalue weighted by Gasteiger charge is -2.40. The number of hydrogen-bond acceptors (Lipinski definition) is 6. The Morgan fingerprint density at radius 3 is 2.72 bits per heavy atom. The van der Waals surface area contributed by atoms with Gasteiger partial charge in [-0.3, -0.25) is 9.69 Å². The lowest BCUT2D eigenvalue weighted by atomic mass is 9.78. The zero-order valence-corrected chi connectivity index (χ0v) is 18.8. The van der Waals surface area contributed by atoms with Crippen LogP contribution in [0.15, 0.2) is 63.3 Å². The second-order valence-corrected chi connectivity index (χ2v) is 9.67. The fourth-order valence-corrected chi connectivity index (χ4v) is 6.38. The average Bonchev–Trinajstić information content (AvgIpc) is 3.20. The van der Waals surface area contributed by atoms with Crippen molar-refractivity contribution in [2.24, 2.45) is 5.73 Å². The Hall–Kier alpha value is -2.70. The zero-order chi connectivity index (χ0) is 23.0. The number of anilines is 1. The Kier molecular flexibility index (Phi) is 6.10. The first kappa shape index (κ1) is 22.5. The van der Waals surface area contributed by atoms with E-state index in [1.807, 2.05) is 18.4 Å². The van der Waals surface area contributed by atoms with E-state index >= 15 is 0 Å². The van der Waals surface area contributed by atoms with E-state index in [-0.39, 0.29) is 22.9 Å².